The Labute approximate surface area is 203 Å². The number of para-hydroxylation sites is 1. The predicted octanol–water partition coefficient (Wildman–Crippen LogP) is 3.82. The molecule has 2 aromatic rings. The number of nitrogens with zero attached hydrogens (tertiary/aromatic N) is 2. The highest BCUT2D eigenvalue weighted by atomic mass is 35.5. The van der Waals surface area contributed by atoms with Crippen molar-refractivity contribution in [2.75, 3.05) is 32.6 Å². The number of urea groups is 1. The van der Waals surface area contributed by atoms with E-state index in [1.54, 1.807) is 37.3 Å². The number of rotatable bonds is 6. The van der Waals surface area contributed by atoms with E-state index in [1.807, 2.05) is 24.3 Å². The van der Waals surface area contributed by atoms with Crippen molar-refractivity contribution in [1.29, 1.82) is 0 Å². The molecule has 2 aromatic carbocycles. The molecular weight excluding hydrogens is 460 g/mol. The number of nitrogens with one attached hydrogen (secondary N) is 2. The van der Waals surface area contributed by atoms with Crippen LogP contribution in [0.25, 0.3) is 0 Å². The van der Waals surface area contributed by atoms with Gasteiger partial charge in [0.25, 0.3) is 5.91 Å². The number of anilines is 1. The number of likely N-dealkylation sites (tertiary alicyclic amines) is 1. The molecule has 2 aliphatic rings. The van der Waals surface area contributed by atoms with E-state index in [-0.39, 0.29) is 11.9 Å². The van der Waals surface area contributed by atoms with Gasteiger partial charge < -0.3 is 29.8 Å². The number of halogens is 1. The van der Waals surface area contributed by atoms with Crippen molar-refractivity contribution in [3.8, 4) is 11.5 Å². The molecule has 180 valence electrons. The zero-order valence-electron chi connectivity index (χ0n) is 19.1. The van der Waals surface area contributed by atoms with Gasteiger partial charge in [0.1, 0.15) is 11.3 Å². The fraction of sp³-hybridized carbons (Fsp3) is 0.375. The van der Waals surface area contributed by atoms with E-state index in [2.05, 4.69) is 15.8 Å². The molecule has 10 heteroatoms. The molecule has 2 N–H and O–H groups in total. The second-order valence-electron chi connectivity index (χ2n) is 8.26. The molecule has 4 rings (SSSR count). The first kappa shape index (κ1) is 23.7. The van der Waals surface area contributed by atoms with Gasteiger partial charge in [0.15, 0.2) is 11.5 Å². The van der Waals surface area contributed by atoms with Gasteiger partial charge in [-0.2, -0.15) is 0 Å². The van der Waals surface area contributed by atoms with Crippen LogP contribution in [0.4, 0.5) is 10.5 Å². The molecule has 9 nitrogen and oxygen atoms in total. The van der Waals surface area contributed by atoms with Crippen LogP contribution in [0.15, 0.2) is 47.6 Å². The minimum atomic E-state index is -0.558. The molecule has 34 heavy (non-hydrogen) atoms. The van der Waals surface area contributed by atoms with E-state index in [0.29, 0.717) is 66.8 Å². The maximum absolute atomic E-state index is 12.7. The first-order valence-corrected chi connectivity index (χ1v) is 11.4. The van der Waals surface area contributed by atoms with E-state index < -0.39 is 5.60 Å². The van der Waals surface area contributed by atoms with Crippen LogP contribution in [-0.2, 0) is 16.2 Å². The van der Waals surface area contributed by atoms with Gasteiger partial charge in [-0.3, -0.25) is 4.79 Å². The Hall–Kier alpha value is -3.46. The van der Waals surface area contributed by atoms with Crippen molar-refractivity contribution in [3.05, 3.63) is 53.1 Å². The van der Waals surface area contributed by atoms with Crippen molar-refractivity contribution < 1.29 is 23.9 Å². The smallest absolute Gasteiger partial charge is 0.321 e. The van der Waals surface area contributed by atoms with Gasteiger partial charge in [0.2, 0.25) is 0 Å². The average molecular weight is 487 g/mol. The van der Waals surface area contributed by atoms with Crippen LogP contribution < -0.4 is 20.1 Å². The van der Waals surface area contributed by atoms with E-state index in [4.69, 9.17) is 25.9 Å². The molecule has 0 saturated carbocycles. The lowest BCUT2D eigenvalue weighted by Crippen LogP contribution is -2.48. The predicted molar refractivity (Wildman–Crippen MR) is 129 cm³/mol. The van der Waals surface area contributed by atoms with Crippen LogP contribution in [0.1, 0.15) is 24.8 Å². The number of benzene rings is 2. The molecule has 2 heterocycles. The Morgan fingerprint density at radius 1 is 1.12 bits per heavy atom. The summed E-state index contributed by atoms with van der Waals surface area (Å²) >= 11 is 6.13. The highest BCUT2D eigenvalue weighted by Gasteiger charge is 2.44. The number of hydrogen-bond donors (Lipinski definition) is 2. The maximum Gasteiger partial charge on any atom is 0.321 e. The molecule has 0 unspecified atom stereocenters. The fourth-order valence-electron chi connectivity index (χ4n) is 4.06. The summed E-state index contributed by atoms with van der Waals surface area (Å²) in [6.45, 7) is 1.31. The Kier molecular flexibility index (Phi) is 7.12. The van der Waals surface area contributed by atoms with Gasteiger partial charge in [-0.1, -0.05) is 35.0 Å². The lowest BCUT2D eigenvalue weighted by Gasteiger charge is -2.37. The Balaban J connectivity index is 1.26. The normalized spacial score (nSPS) is 16.4. The van der Waals surface area contributed by atoms with Crippen LogP contribution in [0.2, 0.25) is 5.02 Å². The summed E-state index contributed by atoms with van der Waals surface area (Å²) in [4.78, 5) is 32.7. The van der Waals surface area contributed by atoms with Crippen LogP contribution in [0.5, 0.6) is 11.5 Å². The molecule has 0 aliphatic carbocycles. The first-order chi connectivity index (χ1) is 16.4. The zero-order chi connectivity index (χ0) is 24.1. The monoisotopic (exact) mass is 486 g/mol. The number of ether oxygens (including phenoxy) is 2. The SMILES string of the molecule is COc1ccc(CNC(=O)C2=NOC3(CCN(C(=O)Nc4ccccc4Cl)CC3)C2)cc1OC. The highest BCUT2D eigenvalue weighted by Crippen LogP contribution is 2.35. The van der Waals surface area contributed by atoms with E-state index in [1.165, 1.54) is 0 Å². The molecule has 2 aliphatic heterocycles. The van der Waals surface area contributed by atoms with Crippen molar-refractivity contribution >= 4 is 34.9 Å². The number of amides is 3. The minimum Gasteiger partial charge on any atom is -0.493 e. The van der Waals surface area contributed by atoms with Gasteiger partial charge in [-0.05, 0) is 29.8 Å². The summed E-state index contributed by atoms with van der Waals surface area (Å²) < 4.78 is 10.5. The number of carbonyl (C=O) groups excluding carboxylic acids is 2. The number of piperidine rings is 1. The molecular formula is C24H27ClN4O5. The van der Waals surface area contributed by atoms with Gasteiger partial charge in [0.05, 0.1) is 24.9 Å². The van der Waals surface area contributed by atoms with Crippen molar-refractivity contribution in [1.82, 2.24) is 10.2 Å². The third-order valence-electron chi connectivity index (χ3n) is 6.08. The Bertz CT molecular complexity index is 1100. The van der Waals surface area contributed by atoms with Crippen LogP contribution in [0, 0.1) is 0 Å². The maximum atomic E-state index is 12.7. The van der Waals surface area contributed by atoms with Crippen molar-refractivity contribution in [2.24, 2.45) is 5.16 Å². The lowest BCUT2D eigenvalue weighted by atomic mass is 9.87. The third-order valence-corrected chi connectivity index (χ3v) is 6.41. The average Bonchev–Trinajstić information content (AvgIpc) is 3.27. The lowest BCUT2D eigenvalue weighted by molar-refractivity contribution is -0.115. The van der Waals surface area contributed by atoms with E-state index >= 15 is 0 Å². The third kappa shape index (κ3) is 5.20. The minimum absolute atomic E-state index is 0.213. The molecule has 1 fully saturated rings. The summed E-state index contributed by atoms with van der Waals surface area (Å²) in [5.74, 6) is 0.950. The molecule has 0 atom stereocenters. The zero-order valence-corrected chi connectivity index (χ0v) is 19.9. The Morgan fingerprint density at radius 3 is 2.56 bits per heavy atom. The Morgan fingerprint density at radius 2 is 1.85 bits per heavy atom. The van der Waals surface area contributed by atoms with E-state index in [9.17, 15) is 9.59 Å². The van der Waals surface area contributed by atoms with Gasteiger partial charge in [0, 0.05) is 38.9 Å². The van der Waals surface area contributed by atoms with Gasteiger partial charge in [-0.15, -0.1) is 0 Å². The molecule has 0 radical (unpaired) electrons. The molecule has 0 bridgehead atoms. The molecule has 1 saturated heterocycles. The fourth-order valence-corrected chi connectivity index (χ4v) is 4.24. The highest BCUT2D eigenvalue weighted by molar-refractivity contribution is 6.39. The molecule has 3 amide bonds. The number of carbonyl (C=O) groups is 2. The van der Waals surface area contributed by atoms with Crippen molar-refractivity contribution in [2.45, 2.75) is 31.4 Å². The van der Waals surface area contributed by atoms with Crippen LogP contribution >= 0.6 is 11.6 Å². The second kappa shape index (κ2) is 10.2. The second-order valence-corrected chi connectivity index (χ2v) is 8.67. The van der Waals surface area contributed by atoms with Gasteiger partial charge >= 0.3 is 6.03 Å². The topological polar surface area (TPSA) is 101 Å². The quantitative estimate of drug-likeness (QED) is 0.646. The number of hydrogen-bond acceptors (Lipinski definition) is 6. The summed E-state index contributed by atoms with van der Waals surface area (Å²) in [5.41, 5.74) is 1.24. The molecule has 0 aromatic heterocycles. The van der Waals surface area contributed by atoms with Crippen LogP contribution in [0.3, 0.4) is 0 Å². The van der Waals surface area contributed by atoms with Gasteiger partial charge in [-0.25, -0.2) is 4.79 Å². The summed E-state index contributed by atoms with van der Waals surface area (Å²) in [7, 11) is 3.14. The van der Waals surface area contributed by atoms with Crippen molar-refractivity contribution in [3.63, 3.8) is 0 Å². The first-order valence-electron chi connectivity index (χ1n) is 11.0. The largest absolute Gasteiger partial charge is 0.493 e. The summed E-state index contributed by atoms with van der Waals surface area (Å²) in [6, 6.07) is 12.4. The van der Waals surface area contributed by atoms with Crippen LogP contribution in [-0.4, -0.2) is 55.5 Å². The number of oxime groups is 1. The summed E-state index contributed by atoms with van der Waals surface area (Å²) in [5, 5.41) is 10.3. The molecule has 1 spiro atoms. The standard InChI is InChI=1S/C24H27ClN4O5/c1-32-20-8-7-16(13-21(20)33-2)15-26-22(30)19-14-24(34-28-19)9-11-29(12-10-24)23(31)27-18-6-4-3-5-17(18)25/h3-8,13H,9-12,14-15H2,1-2H3,(H,26,30)(H,27,31). The summed E-state index contributed by atoms with van der Waals surface area (Å²) in [6.07, 6.45) is 1.57. The van der Waals surface area contributed by atoms with E-state index in [0.717, 1.165) is 5.56 Å². The number of methoxy groups -OCH3 is 2.